The molecular weight excluding hydrogens is 234 g/mol. The fourth-order valence-corrected chi connectivity index (χ4v) is 1.36. The lowest BCUT2D eigenvalue weighted by atomic mass is 10.2. The zero-order valence-corrected chi connectivity index (χ0v) is 10.8. The van der Waals surface area contributed by atoms with E-state index < -0.39 is 0 Å². The van der Waals surface area contributed by atoms with Crippen LogP contribution in [0.15, 0.2) is 23.3 Å². The maximum Gasteiger partial charge on any atom is 0.197 e. The van der Waals surface area contributed by atoms with E-state index in [1.807, 2.05) is 26.0 Å². The summed E-state index contributed by atoms with van der Waals surface area (Å²) in [7, 11) is 0. The Morgan fingerprint density at radius 2 is 2.35 bits per heavy atom. The van der Waals surface area contributed by atoms with Crippen LogP contribution in [0.2, 0.25) is 0 Å². The number of aliphatic imine (C=N–C) groups is 1. The summed E-state index contributed by atoms with van der Waals surface area (Å²) >= 11 is 4.77. The second-order valence-corrected chi connectivity index (χ2v) is 3.89. The van der Waals surface area contributed by atoms with Crippen molar-refractivity contribution in [1.82, 2.24) is 15.6 Å². The van der Waals surface area contributed by atoms with Gasteiger partial charge in [-0.05, 0) is 37.7 Å². The van der Waals surface area contributed by atoms with E-state index in [0.29, 0.717) is 12.5 Å². The first-order chi connectivity index (χ1) is 8.13. The average molecular weight is 251 g/mol. The number of rotatable bonds is 3. The third-order valence-corrected chi connectivity index (χ3v) is 2.19. The minimum absolute atomic E-state index is 0.197. The molecule has 1 rings (SSSR count). The SMILES string of the molecule is CCNC(=NCc1ncccc1C)NC(N)=S. The highest BCUT2D eigenvalue weighted by Crippen LogP contribution is 2.03. The Hall–Kier alpha value is -1.69. The molecule has 0 saturated heterocycles. The molecule has 0 atom stereocenters. The number of thiocarbonyl (C=S) groups is 1. The number of hydrogen-bond acceptors (Lipinski definition) is 3. The van der Waals surface area contributed by atoms with Crippen molar-refractivity contribution in [2.45, 2.75) is 20.4 Å². The first kappa shape index (κ1) is 13.4. The predicted octanol–water partition coefficient (Wildman–Crippen LogP) is 0.689. The molecule has 6 heteroatoms. The standard InChI is InChI=1S/C11H17N5S/c1-3-13-11(16-10(12)17)15-7-9-8(2)5-4-6-14-9/h4-6H,3,7H2,1-2H3,(H4,12,13,15,16,17). The predicted molar refractivity (Wildman–Crippen MR) is 73.7 cm³/mol. The van der Waals surface area contributed by atoms with Crippen molar-refractivity contribution in [2.24, 2.45) is 10.7 Å². The lowest BCUT2D eigenvalue weighted by molar-refractivity contribution is 0.889. The molecule has 0 aliphatic heterocycles. The molecule has 0 aromatic carbocycles. The largest absolute Gasteiger partial charge is 0.376 e. The third-order valence-electron chi connectivity index (χ3n) is 2.09. The zero-order valence-electron chi connectivity index (χ0n) is 10.0. The number of pyridine rings is 1. The van der Waals surface area contributed by atoms with Gasteiger partial charge in [-0.1, -0.05) is 6.07 Å². The molecule has 1 aromatic heterocycles. The van der Waals surface area contributed by atoms with Gasteiger partial charge in [-0.3, -0.25) is 4.98 Å². The van der Waals surface area contributed by atoms with Crippen molar-refractivity contribution >= 4 is 23.3 Å². The average Bonchev–Trinajstić information content (AvgIpc) is 2.27. The molecule has 0 unspecified atom stereocenters. The molecule has 4 N–H and O–H groups in total. The van der Waals surface area contributed by atoms with Gasteiger partial charge in [0.15, 0.2) is 11.1 Å². The van der Waals surface area contributed by atoms with E-state index in [0.717, 1.165) is 17.8 Å². The van der Waals surface area contributed by atoms with Gasteiger partial charge in [0.1, 0.15) is 0 Å². The van der Waals surface area contributed by atoms with Crippen molar-refractivity contribution in [2.75, 3.05) is 6.54 Å². The van der Waals surface area contributed by atoms with Crippen LogP contribution in [0.1, 0.15) is 18.2 Å². The topological polar surface area (TPSA) is 75.3 Å². The van der Waals surface area contributed by atoms with Crippen LogP contribution in [0.4, 0.5) is 0 Å². The van der Waals surface area contributed by atoms with Crippen LogP contribution in [0.25, 0.3) is 0 Å². The number of nitrogens with two attached hydrogens (primary N) is 1. The summed E-state index contributed by atoms with van der Waals surface area (Å²) in [4.78, 5) is 8.61. The molecule has 1 aromatic rings. The summed E-state index contributed by atoms with van der Waals surface area (Å²) in [6.45, 7) is 5.22. The van der Waals surface area contributed by atoms with Crippen LogP contribution in [-0.2, 0) is 6.54 Å². The van der Waals surface area contributed by atoms with Crippen LogP contribution in [0.5, 0.6) is 0 Å². The van der Waals surface area contributed by atoms with Crippen molar-refractivity contribution in [3.63, 3.8) is 0 Å². The van der Waals surface area contributed by atoms with Gasteiger partial charge in [0, 0.05) is 12.7 Å². The summed E-state index contributed by atoms with van der Waals surface area (Å²) in [5, 5.41) is 6.03. The highest BCUT2D eigenvalue weighted by atomic mass is 32.1. The van der Waals surface area contributed by atoms with Crippen LogP contribution >= 0.6 is 12.2 Å². The van der Waals surface area contributed by atoms with Gasteiger partial charge in [-0.2, -0.15) is 0 Å². The Bertz CT molecular complexity index is 416. The molecule has 0 aliphatic carbocycles. The molecule has 0 radical (unpaired) electrons. The Balaban J connectivity index is 2.71. The van der Waals surface area contributed by atoms with Gasteiger partial charge in [0.2, 0.25) is 0 Å². The van der Waals surface area contributed by atoms with Crippen LogP contribution in [0, 0.1) is 6.92 Å². The molecule has 92 valence electrons. The van der Waals surface area contributed by atoms with Crippen molar-refractivity contribution in [1.29, 1.82) is 0 Å². The highest BCUT2D eigenvalue weighted by molar-refractivity contribution is 7.80. The van der Waals surface area contributed by atoms with Gasteiger partial charge in [0.25, 0.3) is 0 Å². The monoisotopic (exact) mass is 251 g/mol. The number of hydrogen-bond donors (Lipinski definition) is 3. The molecule has 0 fully saturated rings. The second-order valence-electron chi connectivity index (χ2n) is 3.45. The van der Waals surface area contributed by atoms with Gasteiger partial charge in [0.05, 0.1) is 12.2 Å². The Kier molecular flexibility index (Phi) is 5.35. The maximum absolute atomic E-state index is 5.41. The van der Waals surface area contributed by atoms with Crippen molar-refractivity contribution in [3.05, 3.63) is 29.6 Å². The molecule has 0 bridgehead atoms. The molecule has 1 heterocycles. The first-order valence-electron chi connectivity index (χ1n) is 5.38. The molecule has 5 nitrogen and oxygen atoms in total. The molecular formula is C11H17N5S. The van der Waals surface area contributed by atoms with E-state index in [9.17, 15) is 0 Å². The number of nitrogens with one attached hydrogen (secondary N) is 2. The van der Waals surface area contributed by atoms with Gasteiger partial charge in [-0.15, -0.1) is 0 Å². The highest BCUT2D eigenvalue weighted by Gasteiger charge is 2.00. The zero-order chi connectivity index (χ0) is 12.7. The van der Waals surface area contributed by atoms with Crippen molar-refractivity contribution in [3.8, 4) is 0 Å². The van der Waals surface area contributed by atoms with E-state index in [-0.39, 0.29) is 5.11 Å². The van der Waals surface area contributed by atoms with Crippen LogP contribution in [0.3, 0.4) is 0 Å². The van der Waals surface area contributed by atoms with E-state index in [1.54, 1.807) is 6.20 Å². The lowest BCUT2D eigenvalue weighted by Gasteiger charge is -2.09. The number of aryl methyl sites for hydroxylation is 1. The quantitative estimate of drug-likeness (QED) is 0.419. The Morgan fingerprint density at radius 3 is 2.94 bits per heavy atom. The number of guanidine groups is 1. The number of nitrogens with zero attached hydrogens (tertiary/aromatic N) is 2. The van der Waals surface area contributed by atoms with Gasteiger partial charge < -0.3 is 16.4 Å². The van der Waals surface area contributed by atoms with Gasteiger partial charge in [-0.25, -0.2) is 4.99 Å². The second kappa shape index (κ2) is 6.80. The van der Waals surface area contributed by atoms with E-state index >= 15 is 0 Å². The minimum Gasteiger partial charge on any atom is -0.376 e. The number of aromatic nitrogens is 1. The normalized spacial score (nSPS) is 11.1. The molecule has 0 saturated carbocycles. The smallest absolute Gasteiger partial charge is 0.197 e. The fourth-order valence-electron chi connectivity index (χ4n) is 1.26. The summed E-state index contributed by atoms with van der Waals surface area (Å²) < 4.78 is 0. The van der Waals surface area contributed by atoms with Crippen molar-refractivity contribution < 1.29 is 0 Å². The summed E-state index contributed by atoms with van der Waals surface area (Å²) in [5.74, 6) is 0.574. The molecule has 0 aliphatic rings. The molecule has 0 spiro atoms. The summed E-state index contributed by atoms with van der Waals surface area (Å²) in [6.07, 6.45) is 1.76. The van der Waals surface area contributed by atoms with Crippen LogP contribution in [-0.4, -0.2) is 22.6 Å². The van der Waals surface area contributed by atoms with E-state index in [2.05, 4.69) is 20.6 Å². The van der Waals surface area contributed by atoms with E-state index in [1.165, 1.54) is 0 Å². The molecule has 17 heavy (non-hydrogen) atoms. The van der Waals surface area contributed by atoms with Gasteiger partial charge >= 0.3 is 0 Å². The maximum atomic E-state index is 5.41. The summed E-state index contributed by atoms with van der Waals surface area (Å²) in [6, 6.07) is 3.91. The molecule has 0 amide bonds. The first-order valence-corrected chi connectivity index (χ1v) is 5.79. The third kappa shape index (κ3) is 4.78. The fraction of sp³-hybridized carbons (Fsp3) is 0.364. The summed E-state index contributed by atoms with van der Waals surface area (Å²) in [5.41, 5.74) is 7.46. The Labute approximate surface area is 107 Å². The lowest BCUT2D eigenvalue weighted by Crippen LogP contribution is -2.43. The Morgan fingerprint density at radius 1 is 1.59 bits per heavy atom. The van der Waals surface area contributed by atoms with Crippen LogP contribution < -0.4 is 16.4 Å². The minimum atomic E-state index is 0.197. The van der Waals surface area contributed by atoms with E-state index in [4.69, 9.17) is 18.0 Å².